The van der Waals surface area contributed by atoms with Crippen LogP contribution in [0.4, 0.5) is 4.39 Å². The van der Waals surface area contributed by atoms with Gasteiger partial charge >= 0.3 is 0 Å². The number of nitrogens with zero attached hydrogens (tertiary/aromatic N) is 1. The Kier molecular flexibility index (Phi) is 9.60. The Morgan fingerprint density at radius 3 is 2.50 bits per heavy atom. The SMILES string of the molecule is C[C@H](C(=O)NC1CCCCC1)N(Cc1ccccc1F)C(=O)CSCc1ccc(Br)cc1. The summed E-state index contributed by atoms with van der Waals surface area (Å²) in [4.78, 5) is 27.6. The second kappa shape index (κ2) is 12.4. The third kappa shape index (κ3) is 7.34. The van der Waals surface area contributed by atoms with Gasteiger partial charge in [0, 0.05) is 28.4 Å². The molecule has 0 radical (unpaired) electrons. The van der Waals surface area contributed by atoms with Gasteiger partial charge in [-0.2, -0.15) is 0 Å². The molecular formula is C25H30BrFN2O2S. The Hall–Kier alpha value is -1.86. The molecule has 2 amide bonds. The maximum Gasteiger partial charge on any atom is 0.242 e. The average molecular weight is 521 g/mol. The largest absolute Gasteiger partial charge is 0.352 e. The molecule has 0 saturated heterocycles. The number of carbonyl (C=O) groups excluding carboxylic acids is 2. The molecule has 0 bridgehead atoms. The van der Waals surface area contributed by atoms with Crippen LogP contribution in [0, 0.1) is 5.82 Å². The second-order valence-corrected chi connectivity index (χ2v) is 10.2. The number of halogens is 2. The van der Waals surface area contributed by atoms with Crippen LogP contribution in [0.3, 0.4) is 0 Å². The van der Waals surface area contributed by atoms with Crippen molar-refractivity contribution in [2.24, 2.45) is 0 Å². The van der Waals surface area contributed by atoms with Crippen LogP contribution in [0.2, 0.25) is 0 Å². The molecular weight excluding hydrogens is 491 g/mol. The third-order valence-corrected chi connectivity index (χ3v) is 7.34. The van der Waals surface area contributed by atoms with E-state index in [1.54, 1.807) is 25.1 Å². The summed E-state index contributed by atoms with van der Waals surface area (Å²) in [6, 6.07) is 13.9. The normalized spacial score (nSPS) is 15.2. The summed E-state index contributed by atoms with van der Waals surface area (Å²) >= 11 is 4.92. The molecule has 3 rings (SSSR count). The van der Waals surface area contributed by atoms with Gasteiger partial charge in [0.15, 0.2) is 0 Å². The van der Waals surface area contributed by atoms with Gasteiger partial charge in [0.1, 0.15) is 11.9 Å². The first-order valence-corrected chi connectivity index (χ1v) is 13.0. The Bertz CT molecular complexity index is 903. The summed E-state index contributed by atoms with van der Waals surface area (Å²) in [6.45, 7) is 1.81. The van der Waals surface area contributed by atoms with E-state index in [1.807, 2.05) is 24.3 Å². The van der Waals surface area contributed by atoms with E-state index in [2.05, 4.69) is 21.2 Å². The van der Waals surface area contributed by atoms with Gasteiger partial charge in [-0.25, -0.2) is 4.39 Å². The van der Waals surface area contributed by atoms with Gasteiger partial charge in [0.25, 0.3) is 0 Å². The molecule has 2 aromatic rings. The van der Waals surface area contributed by atoms with Crippen molar-refractivity contribution >= 4 is 39.5 Å². The van der Waals surface area contributed by atoms with E-state index in [1.165, 1.54) is 29.1 Å². The Morgan fingerprint density at radius 2 is 1.81 bits per heavy atom. The van der Waals surface area contributed by atoms with Crippen molar-refractivity contribution in [2.45, 2.75) is 63.4 Å². The van der Waals surface area contributed by atoms with E-state index in [0.717, 1.165) is 35.7 Å². The third-order valence-electron chi connectivity index (χ3n) is 5.82. The second-order valence-electron chi connectivity index (χ2n) is 8.25. The first-order chi connectivity index (χ1) is 15.4. The zero-order chi connectivity index (χ0) is 22.9. The van der Waals surface area contributed by atoms with Crippen molar-refractivity contribution in [2.75, 3.05) is 5.75 Å². The molecule has 1 fully saturated rings. The summed E-state index contributed by atoms with van der Waals surface area (Å²) in [6.07, 6.45) is 5.38. The highest BCUT2D eigenvalue weighted by atomic mass is 79.9. The molecule has 0 aliphatic heterocycles. The van der Waals surface area contributed by atoms with E-state index in [-0.39, 0.29) is 36.0 Å². The fourth-order valence-electron chi connectivity index (χ4n) is 3.88. The molecule has 1 atom stereocenters. The summed E-state index contributed by atoms with van der Waals surface area (Å²) in [5.74, 6) is 0.217. The Morgan fingerprint density at radius 1 is 1.12 bits per heavy atom. The first kappa shape index (κ1) is 24.8. The summed E-state index contributed by atoms with van der Waals surface area (Å²) < 4.78 is 15.3. The minimum absolute atomic E-state index is 0.0730. The number of thioether (sulfide) groups is 1. The maximum absolute atomic E-state index is 14.3. The molecule has 2 aromatic carbocycles. The Balaban J connectivity index is 1.65. The average Bonchev–Trinajstić information content (AvgIpc) is 2.80. The summed E-state index contributed by atoms with van der Waals surface area (Å²) in [7, 11) is 0. The number of hydrogen-bond donors (Lipinski definition) is 1. The lowest BCUT2D eigenvalue weighted by Gasteiger charge is -2.31. The molecule has 1 aliphatic rings. The van der Waals surface area contributed by atoms with E-state index in [0.29, 0.717) is 11.3 Å². The van der Waals surface area contributed by atoms with Crippen LogP contribution in [0.1, 0.15) is 50.2 Å². The highest BCUT2D eigenvalue weighted by Crippen LogP contribution is 2.20. The number of carbonyl (C=O) groups is 2. The standard InChI is InChI=1S/C25H30BrFN2O2S/c1-18(25(31)28-22-8-3-2-4-9-22)29(15-20-7-5-6-10-23(20)27)24(30)17-32-16-19-11-13-21(26)14-12-19/h5-7,10-14,18,22H,2-4,8-9,15-17H2,1H3,(H,28,31)/t18-/m1/s1. The van der Waals surface area contributed by atoms with Crippen molar-refractivity contribution < 1.29 is 14.0 Å². The van der Waals surface area contributed by atoms with Crippen LogP contribution >= 0.6 is 27.7 Å². The van der Waals surface area contributed by atoms with Crippen LogP contribution in [0.5, 0.6) is 0 Å². The molecule has 0 unspecified atom stereocenters. The highest BCUT2D eigenvalue weighted by Gasteiger charge is 2.28. The van der Waals surface area contributed by atoms with Gasteiger partial charge < -0.3 is 10.2 Å². The van der Waals surface area contributed by atoms with Gasteiger partial charge in [0.05, 0.1) is 5.75 Å². The lowest BCUT2D eigenvalue weighted by atomic mass is 9.95. The van der Waals surface area contributed by atoms with Crippen molar-refractivity contribution in [3.63, 3.8) is 0 Å². The van der Waals surface area contributed by atoms with Crippen LogP contribution in [-0.4, -0.2) is 34.6 Å². The van der Waals surface area contributed by atoms with Crippen LogP contribution in [0.25, 0.3) is 0 Å². The minimum atomic E-state index is -0.669. The molecule has 4 nitrogen and oxygen atoms in total. The van der Waals surface area contributed by atoms with Crippen molar-refractivity contribution in [3.05, 3.63) is 69.9 Å². The van der Waals surface area contributed by atoms with Gasteiger partial charge in [0.2, 0.25) is 11.8 Å². The van der Waals surface area contributed by atoms with Gasteiger partial charge in [-0.1, -0.05) is 65.5 Å². The van der Waals surface area contributed by atoms with Gasteiger partial charge in [-0.3, -0.25) is 9.59 Å². The molecule has 7 heteroatoms. The minimum Gasteiger partial charge on any atom is -0.352 e. The molecule has 0 aromatic heterocycles. The smallest absolute Gasteiger partial charge is 0.242 e. The van der Waals surface area contributed by atoms with E-state index >= 15 is 0 Å². The lowest BCUT2D eigenvalue weighted by Crippen LogP contribution is -2.51. The molecule has 172 valence electrons. The quantitative estimate of drug-likeness (QED) is 0.462. The number of rotatable bonds is 9. The zero-order valence-electron chi connectivity index (χ0n) is 18.4. The summed E-state index contributed by atoms with van der Waals surface area (Å²) in [5.41, 5.74) is 1.53. The maximum atomic E-state index is 14.3. The number of hydrogen-bond acceptors (Lipinski definition) is 3. The predicted molar refractivity (Wildman–Crippen MR) is 132 cm³/mol. The van der Waals surface area contributed by atoms with E-state index in [4.69, 9.17) is 0 Å². The number of amides is 2. The van der Waals surface area contributed by atoms with Crippen LogP contribution < -0.4 is 5.32 Å². The van der Waals surface area contributed by atoms with Crippen molar-refractivity contribution in [1.82, 2.24) is 10.2 Å². The van der Waals surface area contributed by atoms with E-state index in [9.17, 15) is 14.0 Å². The highest BCUT2D eigenvalue weighted by molar-refractivity contribution is 9.10. The fraction of sp³-hybridized carbons (Fsp3) is 0.440. The van der Waals surface area contributed by atoms with E-state index < -0.39 is 6.04 Å². The molecule has 32 heavy (non-hydrogen) atoms. The molecule has 0 spiro atoms. The lowest BCUT2D eigenvalue weighted by molar-refractivity contribution is -0.139. The van der Waals surface area contributed by atoms with Gasteiger partial charge in [-0.15, -0.1) is 11.8 Å². The molecule has 1 aliphatic carbocycles. The van der Waals surface area contributed by atoms with Crippen LogP contribution in [0.15, 0.2) is 53.0 Å². The molecule has 1 saturated carbocycles. The molecule has 0 heterocycles. The fourth-order valence-corrected chi connectivity index (χ4v) is 5.02. The number of benzene rings is 2. The summed E-state index contributed by atoms with van der Waals surface area (Å²) in [5, 5.41) is 3.10. The zero-order valence-corrected chi connectivity index (χ0v) is 20.8. The van der Waals surface area contributed by atoms with Crippen molar-refractivity contribution in [3.8, 4) is 0 Å². The first-order valence-electron chi connectivity index (χ1n) is 11.1. The molecule has 1 N–H and O–H groups in total. The van der Waals surface area contributed by atoms with Crippen LogP contribution in [-0.2, 0) is 21.9 Å². The van der Waals surface area contributed by atoms with Crippen molar-refractivity contribution in [1.29, 1.82) is 0 Å². The van der Waals surface area contributed by atoms with Gasteiger partial charge in [-0.05, 0) is 43.5 Å². The monoisotopic (exact) mass is 520 g/mol. The Labute approximate surface area is 202 Å². The topological polar surface area (TPSA) is 49.4 Å². The predicted octanol–water partition coefficient (Wildman–Crippen LogP) is 5.69. The number of nitrogens with one attached hydrogen (secondary N) is 1.